The number of H-pyrrole nitrogens is 1. The molecule has 154 valence electrons. The van der Waals surface area contributed by atoms with E-state index in [2.05, 4.69) is 51.2 Å². The van der Waals surface area contributed by atoms with E-state index < -0.39 is 0 Å². The molecular weight excluding hydrogens is 376 g/mol. The van der Waals surface area contributed by atoms with Crippen LogP contribution >= 0.6 is 0 Å². The fraction of sp³-hybridized carbons (Fsp3) is 0.261. The lowest BCUT2D eigenvalue weighted by atomic mass is 10.1. The lowest BCUT2D eigenvalue weighted by Crippen LogP contribution is -2.28. The van der Waals surface area contributed by atoms with Gasteiger partial charge in [-0.15, -0.1) is 0 Å². The Balaban J connectivity index is 0.00000231. The minimum Gasteiger partial charge on any atom is -0.381 e. The number of aromatic amines is 1. The summed E-state index contributed by atoms with van der Waals surface area (Å²) in [4.78, 5) is 9.59. The molecule has 2 aromatic carbocycles. The first kappa shape index (κ1) is 18.6. The zero-order valence-corrected chi connectivity index (χ0v) is 16.9. The first-order chi connectivity index (χ1) is 14.7. The van der Waals surface area contributed by atoms with Crippen LogP contribution in [0.5, 0.6) is 0 Å². The Morgan fingerprint density at radius 1 is 0.933 bits per heavy atom. The molecule has 3 heterocycles. The molecule has 7 nitrogen and oxygen atoms in total. The first-order valence-corrected chi connectivity index (χ1v) is 10.2. The van der Waals surface area contributed by atoms with Crippen LogP contribution in [-0.2, 0) is 4.74 Å². The molecule has 1 aliphatic rings. The van der Waals surface area contributed by atoms with E-state index in [1.54, 1.807) is 0 Å². The van der Waals surface area contributed by atoms with E-state index in [4.69, 9.17) is 14.7 Å². The van der Waals surface area contributed by atoms with Crippen molar-refractivity contribution < 1.29 is 6.16 Å². The van der Waals surface area contributed by atoms with Gasteiger partial charge in [-0.05, 0) is 36.6 Å². The van der Waals surface area contributed by atoms with Gasteiger partial charge in [0.05, 0.1) is 0 Å². The summed E-state index contributed by atoms with van der Waals surface area (Å²) in [6, 6.07) is 18.8. The Morgan fingerprint density at radius 3 is 2.53 bits per heavy atom. The monoisotopic (exact) mass is 402 g/mol. The van der Waals surface area contributed by atoms with Gasteiger partial charge in [-0.3, -0.25) is 5.10 Å². The molecule has 0 radical (unpaired) electrons. The van der Waals surface area contributed by atoms with Crippen LogP contribution in [0.15, 0.2) is 54.6 Å². The van der Waals surface area contributed by atoms with Crippen LogP contribution in [0, 0.1) is 6.92 Å². The average Bonchev–Trinajstić information content (AvgIpc) is 3.18. The largest absolute Gasteiger partial charge is 0.381 e. The maximum atomic E-state index is 5.48. The van der Waals surface area contributed by atoms with Crippen LogP contribution < -0.4 is 10.6 Å². The van der Waals surface area contributed by atoms with Crippen LogP contribution in [0.4, 0.5) is 17.5 Å². The number of hydrogen-bond acceptors (Lipinski definition) is 6. The van der Waals surface area contributed by atoms with Gasteiger partial charge in [-0.25, -0.2) is 9.97 Å². The zero-order valence-electron chi connectivity index (χ0n) is 16.9. The topological polar surface area (TPSA) is 87.8 Å². The number of nitrogens with one attached hydrogen (secondary N) is 3. The van der Waals surface area contributed by atoms with Gasteiger partial charge in [0.15, 0.2) is 11.6 Å². The molecule has 0 unspecified atom stereocenters. The highest BCUT2D eigenvalue weighted by Gasteiger charge is 2.16. The van der Waals surface area contributed by atoms with Gasteiger partial charge in [-0.1, -0.05) is 36.4 Å². The molecule has 1 saturated heterocycles. The fourth-order valence-electron chi connectivity index (χ4n) is 3.71. The molecule has 0 bridgehead atoms. The highest BCUT2D eigenvalue weighted by Crippen LogP contribution is 2.26. The van der Waals surface area contributed by atoms with Crippen molar-refractivity contribution in [2.45, 2.75) is 25.8 Å². The summed E-state index contributed by atoms with van der Waals surface area (Å²) in [5.74, 6) is 2.91. The second-order valence-electron chi connectivity index (χ2n) is 7.62. The summed E-state index contributed by atoms with van der Waals surface area (Å²) in [5.41, 5.74) is 1.97. The Hall–Kier alpha value is -3.45. The van der Waals surface area contributed by atoms with E-state index in [0.717, 1.165) is 48.9 Å². The van der Waals surface area contributed by atoms with Crippen molar-refractivity contribution >= 4 is 28.2 Å². The van der Waals surface area contributed by atoms with Crippen molar-refractivity contribution in [1.29, 1.82) is 0 Å². The summed E-state index contributed by atoms with van der Waals surface area (Å²) in [6.45, 7) is 3.52. The minimum absolute atomic E-state index is 0. The van der Waals surface area contributed by atoms with E-state index in [9.17, 15) is 0 Å². The average molecular weight is 403 g/mol. The molecule has 4 aromatic rings. The van der Waals surface area contributed by atoms with Crippen molar-refractivity contribution in [3.05, 3.63) is 60.3 Å². The van der Waals surface area contributed by atoms with E-state index in [-0.39, 0.29) is 1.43 Å². The molecule has 1 aliphatic heterocycles. The standard InChI is InChI=1S/C23H24N6O.H2/c1-15-12-22(29-28-15)25-21-14-20(24-19-8-10-30-11-9-19)26-23(27-21)18-7-6-16-4-2-3-5-17(16)13-18;/h2-7,12-14,19H,8-11H2,1H3,(H3,24,25,26,27,28,29);1H. The van der Waals surface area contributed by atoms with Crippen molar-refractivity contribution in [3.8, 4) is 11.4 Å². The van der Waals surface area contributed by atoms with Gasteiger partial charge >= 0.3 is 0 Å². The molecule has 3 N–H and O–H groups in total. The number of rotatable bonds is 5. The van der Waals surface area contributed by atoms with E-state index >= 15 is 0 Å². The van der Waals surface area contributed by atoms with Crippen molar-refractivity contribution in [1.82, 2.24) is 20.2 Å². The van der Waals surface area contributed by atoms with Gasteiger partial charge < -0.3 is 15.4 Å². The second kappa shape index (κ2) is 8.12. The smallest absolute Gasteiger partial charge is 0.163 e. The summed E-state index contributed by atoms with van der Waals surface area (Å²) in [6.07, 6.45) is 1.94. The number of benzene rings is 2. The zero-order chi connectivity index (χ0) is 20.3. The lowest BCUT2D eigenvalue weighted by molar-refractivity contribution is 0.0904. The predicted molar refractivity (Wildman–Crippen MR) is 121 cm³/mol. The maximum absolute atomic E-state index is 5.48. The summed E-state index contributed by atoms with van der Waals surface area (Å²) in [7, 11) is 0. The predicted octanol–water partition coefficient (Wildman–Crippen LogP) is 4.91. The molecule has 2 aromatic heterocycles. The number of anilines is 3. The number of nitrogens with zero attached hydrogens (tertiary/aromatic N) is 3. The van der Waals surface area contributed by atoms with Crippen LogP contribution in [0.3, 0.4) is 0 Å². The molecule has 0 aliphatic carbocycles. The molecule has 0 amide bonds. The van der Waals surface area contributed by atoms with E-state index in [0.29, 0.717) is 17.7 Å². The third-order valence-electron chi connectivity index (χ3n) is 5.27. The third kappa shape index (κ3) is 4.11. The third-order valence-corrected chi connectivity index (χ3v) is 5.27. The Morgan fingerprint density at radius 2 is 1.73 bits per heavy atom. The minimum atomic E-state index is 0. The number of aromatic nitrogens is 4. The highest BCUT2D eigenvalue weighted by atomic mass is 16.5. The highest BCUT2D eigenvalue weighted by molar-refractivity contribution is 5.86. The van der Waals surface area contributed by atoms with Gasteiger partial charge in [0.1, 0.15) is 11.6 Å². The summed E-state index contributed by atoms with van der Waals surface area (Å²) in [5, 5.41) is 16.4. The second-order valence-corrected chi connectivity index (χ2v) is 7.62. The van der Waals surface area contributed by atoms with Crippen LogP contribution in [0.25, 0.3) is 22.2 Å². The first-order valence-electron chi connectivity index (χ1n) is 10.2. The number of ether oxygens (including phenoxy) is 1. The number of hydrogen-bond donors (Lipinski definition) is 3. The molecule has 30 heavy (non-hydrogen) atoms. The Bertz CT molecular complexity index is 1170. The fourth-order valence-corrected chi connectivity index (χ4v) is 3.71. The number of fused-ring (bicyclic) bond motifs is 1. The quantitative estimate of drug-likeness (QED) is 0.440. The van der Waals surface area contributed by atoms with Gasteiger partial charge in [0.25, 0.3) is 0 Å². The van der Waals surface area contributed by atoms with Crippen molar-refractivity contribution in [3.63, 3.8) is 0 Å². The van der Waals surface area contributed by atoms with Gasteiger partial charge in [0.2, 0.25) is 0 Å². The Kier molecular flexibility index (Phi) is 5.03. The lowest BCUT2D eigenvalue weighted by Gasteiger charge is -2.24. The van der Waals surface area contributed by atoms with Gasteiger partial charge in [0, 0.05) is 44.1 Å². The van der Waals surface area contributed by atoms with Crippen LogP contribution in [0.1, 0.15) is 20.0 Å². The Labute approximate surface area is 176 Å². The molecule has 0 saturated carbocycles. The van der Waals surface area contributed by atoms with Crippen LogP contribution in [0.2, 0.25) is 0 Å². The molecule has 0 atom stereocenters. The maximum Gasteiger partial charge on any atom is 0.163 e. The molecule has 7 heteroatoms. The van der Waals surface area contributed by atoms with Crippen molar-refractivity contribution in [2.75, 3.05) is 23.8 Å². The molecule has 1 fully saturated rings. The van der Waals surface area contributed by atoms with E-state index in [1.807, 2.05) is 31.2 Å². The molecular formula is C23H26N6O. The summed E-state index contributed by atoms with van der Waals surface area (Å²) < 4.78 is 5.48. The van der Waals surface area contributed by atoms with Crippen molar-refractivity contribution in [2.24, 2.45) is 0 Å². The normalized spacial score (nSPS) is 14.7. The SMILES string of the molecule is Cc1cc(Nc2cc(NC3CCOCC3)nc(-c3ccc4ccccc4c3)n2)n[nH]1.[HH]. The molecule has 0 spiro atoms. The number of aryl methyl sites for hydroxylation is 1. The molecule has 5 rings (SSSR count). The van der Waals surface area contributed by atoms with Gasteiger partial charge in [-0.2, -0.15) is 5.10 Å². The van der Waals surface area contributed by atoms with Crippen LogP contribution in [-0.4, -0.2) is 39.4 Å². The summed E-state index contributed by atoms with van der Waals surface area (Å²) >= 11 is 0. The van der Waals surface area contributed by atoms with E-state index in [1.165, 1.54) is 10.8 Å².